The van der Waals surface area contributed by atoms with Crippen LogP contribution in [0.15, 0.2) is 48.5 Å². The van der Waals surface area contributed by atoms with Crippen molar-refractivity contribution in [2.75, 3.05) is 0 Å². The normalized spacial score (nSPS) is 10.9. The summed E-state index contributed by atoms with van der Waals surface area (Å²) in [6, 6.07) is 15.9. The molecule has 2 rings (SSSR count). The monoisotopic (exact) mass is 339 g/mol. The van der Waals surface area contributed by atoms with Gasteiger partial charge in [-0.1, -0.05) is 41.9 Å². The van der Waals surface area contributed by atoms with E-state index in [4.69, 9.17) is 16.3 Å². The van der Waals surface area contributed by atoms with Gasteiger partial charge in [0.25, 0.3) is 0 Å². The van der Waals surface area contributed by atoms with E-state index in [2.05, 4.69) is 38.2 Å². The van der Waals surface area contributed by atoms with Crippen molar-refractivity contribution in [1.29, 1.82) is 0 Å². The SMILES string of the molecule is CC(C)(C)NCc1cc(Cl)ccc1OCc1ccccc1.Cl. The van der Waals surface area contributed by atoms with E-state index in [1.54, 1.807) is 0 Å². The molecule has 0 radical (unpaired) electrons. The summed E-state index contributed by atoms with van der Waals surface area (Å²) in [7, 11) is 0. The molecule has 22 heavy (non-hydrogen) atoms. The van der Waals surface area contributed by atoms with Gasteiger partial charge in [0.05, 0.1) is 0 Å². The first kappa shape index (κ1) is 18.8. The predicted octanol–water partition coefficient (Wildman–Crippen LogP) is 5.23. The minimum atomic E-state index is 0. The number of benzene rings is 2. The van der Waals surface area contributed by atoms with E-state index in [0.717, 1.165) is 28.4 Å². The first-order chi connectivity index (χ1) is 9.94. The van der Waals surface area contributed by atoms with Crippen LogP contribution in [0.2, 0.25) is 5.02 Å². The maximum atomic E-state index is 6.10. The van der Waals surface area contributed by atoms with Crippen LogP contribution in [0.1, 0.15) is 31.9 Å². The minimum Gasteiger partial charge on any atom is -0.489 e. The zero-order chi connectivity index (χ0) is 15.3. The Morgan fingerprint density at radius 3 is 2.36 bits per heavy atom. The van der Waals surface area contributed by atoms with Crippen molar-refractivity contribution in [2.45, 2.75) is 39.5 Å². The third-order valence-corrected chi connectivity index (χ3v) is 3.30. The number of hydrogen-bond donors (Lipinski definition) is 1. The van der Waals surface area contributed by atoms with Gasteiger partial charge in [0.2, 0.25) is 0 Å². The Labute approximate surface area is 144 Å². The van der Waals surface area contributed by atoms with Crippen LogP contribution in [0.25, 0.3) is 0 Å². The highest BCUT2D eigenvalue weighted by atomic mass is 35.5. The number of ether oxygens (including phenoxy) is 1. The summed E-state index contributed by atoms with van der Waals surface area (Å²) in [5.74, 6) is 0.875. The molecule has 0 aliphatic carbocycles. The molecule has 120 valence electrons. The molecular formula is C18H23Cl2NO. The lowest BCUT2D eigenvalue weighted by Gasteiger charge is -2.22. The van der Waals surface area contributed by atoms with Gasteiger partial charge in [0.15, 0.2) is 0 Å². The first-order valence-electron chi connectivity index (χ1n) is 7.14. The molecule has 4 heteroatoms. The molecule has 0 bridgehead atoms. The zero-order valence-electron chi connectivity index (χ0n) is 13.2. The summed E-state index contributed by atoms with van der Waals surface area (Å²) in [5, 5.41) is 4.19. The molecule has 0 unspecified atom stereocenters. The van der Waals surface area contributed by atoms with E-state index >= 15 is 0 Å². The molecule has 1 N–H and O–H groups in total. The van der Waals surface area contributed by atoms with Crippen molar-refractivity contribution in [3.63, 3.8) is 0 Å². The predicted molar refractivity (Wildman–Crippen MR) is 96.1 cm³/mol. The van der Waals surface area contributed by atoms with Gasteiger partial charge in [-0.3, -0.25) is 0 Å². The quantitative estimate of drug-likeness (QED) is 0.805. The van der Waals surface area contributed by atoms with Crippen LogP contribution >= 0.6 is 24.0 Å². The smallest absolute Gasteiger partial charge is 0.124 e. The molecule has 2 aromatic rings. The molecule has 0 fully saturated rings. The van der Waals surface area contributed by atoms with Crippen LogP contribution in [0.4, 0.5) is 0 Å². The number of nitrogens with one attached hydrogen (secondary N) is 1. The molecule has 0 saturated carbocycles. The summed E-state index contributed by atoms with van der Waals surface area (Å²) in [6.07, 6.45) is 0. The number of rotatable bonds is 5. The molecule has 0 aliphatic rings. The summed E-state index contributed by atoms with van der Waals surface area (Å²) < 4.78 is 5.94. The van der Waals surface area contributed by atoms with Gasteiger partial charge < -0.3 is 10.1 Å². The third-order valence-electron chi connectivity index (χ3n) is 3.07. The van der Waals surface area contributed by atoms with E-state index in [1.807, 2.05) is 36.4 Å². The third kappa shape index (κ3) is 6.27. The molecule has 0 amide bonds. The Balaban J connectivity index is 0.00000242. The molecular weight excluding hydrogens is 317 g/mol. The molecule has 0 atom stereocenters. The van der Waals surface area contributed by atoms with Crippen molar-refractivity contribution in [3.8, 4) is 5.75 Å². The zero-order valence-corrected chi connectivity index (χ0v) is 14.8. The summed E-state index contributed by atoms with van der Waals surface area (Å²) in [5.41, 5.74) is 2.29. The molecule has 0 saturated heterocycles. The van der Waals surface area contributed by atoms with Gasteiger partial charge in [0, 0.05) is 22.7 Å². The van der Waals surface area contributed by atoms with Crippen LogP contribution in [-0.2, 0) is 13.2 Å². The average molecular weight is 340 g/mol. The van der Waals surface area contributed by atoms with Crippen LogP contribution in [0.3, 0.4) is 0 Å². The number of halogens is 2. The first-order valence-corrected chi connectivity index (χ1v) is 7.52. The lowest BCUT2D eigenvalue weighted by Crippen LogP contribution is -2.35. The van der Waals surface area contributed by atoms with Gasteiger partial charge >= 0.3 is 0 Å². The van der Waals surface area contributed by atoms with E-state index < -0.39 is 0 Å². The van der Waals surface area contributed by atoms with Gasteiger partial charge in [-0.2, -0.15) is 0 Å². The largest absolute Gasteiger partial charge is 0.489 e. The molecule has 2 nitrogen and oxygen atoms in total. The maximum absolute atomic E-state index is 6.10. The topological polar surface area (TPSA) is 21.3 Å². The Hall–Kier alpha value is -1.22. The van der Waals surface area contributed by atoms with Crippen LogP contribution in [-0.4, -0.2) is 5.54 Å². The second kappa shape index (κ2) is 8.42. The molecule has 0 aromatic heterocycles. The second-order valence-electron chi connectivity index (χ2n) is 6.13. The fraction of sp³-hybridized carbons (Fsp3) is 0.333. The van der Waals surface area contributed by atoms with Gasteiger partial charge in [-0.25, -0.2) is 0 Å². The second-order valence-corrected chi connectivity index (χ2v) is 6.57. The summed E-state index contributed by atoms with van der Waals surface area (Å²) in [6.45, 7) is 7.71. The van der Waals surface area contributed by atoms with Gasteiger partial charge in [0.1, 0.15) is 12.4 Å². The van der Waals surface area contributed by atoms with Crippen molar-refractivity contribution in [1.82, 2.24) is 5.32 Å². The lowest BCUT2D eigenvalue weighted by atomic mass is 10.1. The standard InChI is InChI=1S/C18H22ClNO.ClH/c1-18(2,3)20-12-15-11-16(19)9-10-17(15)21-13-14-7-5-4-6-8-14;/h4-11,20H,12-13H2,1-3H3;1H. The summed E-state index contributed by atoms with van der Waals surface area (Å²) in [4.78, 5) is 0. The van der Waals surface area contributed by atoms with E-state index in [-0.39, 0.29) is 17.9 Å². The average Bonchev–Trinajstić information content (AvgIpc) is 2.44. The van der Waals surface area contributed by atoms with Gasteiger partial charge in [-0.05, 0) is 44.5 Å². The number of hydrogen-bond acceptors (Lipinski definition) is 2. The molecule has 0 heterocycles. The highest BCUT2D eigenvalue weighted by Crippen LogP contribution is 2.24. The molecule has 2 aromatic carbocycles. The Kier molecular flexibility index (Phi) is 7.21. The lowest BCUT2D eigenvalue weighted by molar-refractivity contribution is 0.300. The highest BCUT2D eigenvalue weighted by Gasteiger charge is 2.11. The summed E-state index contributed by atoms with van der Waals surface area (Å²) >= 11 is 6.10. The van der Waals surface area contributed by atoms with E-state index in [0.29, 0.717) is 6.61 Å². The molecule has 0 spiro atoms. The van der Waals surface area contributed by atoms with Crippen LogP contribution in [0.5, 0.6) is 5.75 Å². The fourth-order valence-corrected chi connectivity index (χ4v) is 2.12. The highest BCUT2D eigenvalue weighted by molar-refractivity contribution is 6.30. The van der Waals surface area contributed by atoms with Crippen LogP contribution < -0.4 is 10.1 Å². The van der Waals surface area contributed by atoms with Crippen LogP contribution in [0, 0.1) is 0 Å². The van der Waals surface area contributed by atoms with Crippen molar-refractivity contribution < 1.29 is 4.74 Å². The molecule has 0 aliphatic heterocycles. The van der Waals surface area contributed by atoms with Crippen molar-refractivity contribution in [3.05, 3.63) is 64.7 Å². The Bertz CT molecular complexity index is 579. The van der Waals surface area contributed by atoms with Crippen molar-refractivity contribution >= 4 is 24.0 Å². The van der Waals surface area contributed by atoms with E-state index in [1.165, 1.54) is 0 Å². The van der Waals surface area contributed by atoms with E-state index in [9.17, 15) is 0 Å². The Morgan fingerprint density at radius 2 is 1.73 bits per heavy atom. The maximum Gasteiger partial charge on any atom is 0.124 e. The van der Waals surface area contributed by atoms with Gasteiger partial charge in [-0.15, -0.1) is 12.4 Å². The fourth-order valence-electron chi connectivity index (χ4n) is 1.92. The minimum absolute atomic E-state index is 0. The Morgan fingerprint density at radius 1 is 1.05 bits per heavy atom. The van der Waals surface area contributed by atoms with Crippen molar-refractivity contribution in [2.24, 2.45) is 0 Å².